The molecule has 1 aliphatic heterocycles. The summed E-state index contributed by atoms with van der Waals surface area (Å²) in [6, 6.07) is 3.69. The summed E-state index contributed by atoms with van der Waals surface area (Å²) in [4.78, 5) is 11.7. The minimum Gasteiger partial charge on any atom is -0.467 e. The van der Waals surface area contributed by atoms with Crippen LogP contribution in [0.5, 0.6) is 0 Å². The Labute approximate surface area is 89.0 Å². The lowest BCUT2D eigenvalue weighted by Crippen LogP contribution is -2.37. The standard InChI is InChI=1S/C11H16N2O2/c14-11(9-3-5-12-6-4-9)13-8-10-2-1-7-15-10/h1-2,7,9,12H,3-6,8H2,(H,13,14). The molecule has 0 unspecified atom stereocenters. The molecule has 82 valence electrons. The van der Waals surface area contributed by atoms with Gasteiger partial charge in [-0.1, -0.05) is 0 Å². The van der Waals surface area contributed by atoms with Crippen LogP contribution in [0.15, 0.2) is 22.8 Å². The van der Waals surface area contributed by atoms with E-state index < -0.39 is 0 Å². The molecule has 0 radical (unpaired) electrons. The van der Waals surface area contributed by atoms with Gasteiger partial charge < -0.3 is 15.1 Å². The van der Waals surface area contributed by atoms with Crippen LogP contribution in [0.25, 0.3) is 0 Å². The van der Waals surface area contributed by atoms with Crippen LogP contribution >= 0.6 is 0 Å². The van der Waals surface area contributed by atoms with Gasteiger partial charge in [0.05, 0.1) is 12.8 Å². The summed E-state index contributed by atoms with van der Waals surface area (Å²) in [7, 11) is 0. The molecule has 0 atom stereocenters. The van der Waals surface area contributed by atoms with Crippen molar-refractivity contribution in [3.05, 3.63) is 24.2 Å². The maximum atomic E-state index is 11.7. The largest absolute Gasteiger partial charge is 0.467 e. The monoisotopic (exact) mass is 208 g/mol. The molecule has 1 amide bonds. The fraction of sp³-hybridized carbons (Fsp3) is 0.545. The first kappa shape index (κ1) is 10.2. The molecule has 2 N–H and O–H groups in total. The van der Waals surface area contributed by atoms with E-state index in [-0.39, 0.29) is 11.8 Å². The van der Waals surface area contributed by atoms with Gasteiger partial charge in [0.1, 0.15) is 5.76 Å². The molecule has 1 saturated heterocycles. The van der Waals surface area contributed by atoms with Gasteiger partial charge in [0.2, 0.25) is 5.91 Å². The fourth-order valence-electron chi connectivity index (χ4n) is 1.82. The predicted octanol–water partition coefficient (Wildman–Crippen LogP) is 0.895. The van der Waals surface area contributed by atoms with Crippen LogP contribution in [-0.4, -0.2) is 19.0 Å². The molecular formula is C11H16N2O2. The van der Waals surface area contributed by atoms with Gasteiger partial charge in [-0.2, -0.15) is 0 Å². The summed E-state index contributed by atoms with van der Waals surface area (Å²) in [5.74, 6) is 1.12. The van der Waals surface area contributed by atoms with Crippen LogP contribution < -0.4 is 10.6 Å². The van der Waals surface area contributed by atoms with Gasteiger partial charge in [-0.25, -0.2) is 0 Å². The van der Waals surface area contributed by atoms with Gasteiger partial charge in [-0.05, 0) is 38.1 Å². The SMILES string of the molecule is O=C(NCc1ccco1)C1CCNCC1. The second-order valence-corrected chi connectivity index (χ2v) is 3.82. The fourth-order valence-corrected chi connectivity index (χ4v) is 1.82. The van der Waals surface area contributed by atoms with E-state index in [1.165, 1.54) is 0 Å². The summed E-state index contributed by atoms with van der Waals surface area (Å²) in [5, 5.41) is 6.14. The molecule has 4 heteroatoms. The quantitative estimate of drug-likeness (QED) is 0.775. The van der Waals surface area contributed by atoms with Gasteiger partial charge >= 0.3 is 0 Å². The van der Waals surface area contributed by atoms with Gasteiger partial charge in [-0.15, -0.1) is 0 Å². The van der Waals surface area contributed by atoms with Crippen LogP contribution in [0.3, 0.4) is 0 Å². The van der Waals surface area contributed by atoms with E-state index >= 15 is 0 Å². The van der Waals surface area contributed by atoms with E-state index in [1.807, 2.05) is 12.1 Å². The van der Waals surface area contributed by atoms with Crippen molar-refractivity contribution in [2.24, 2.45) is 5.92 Å². The number of nitrogens with one attached hydrogen (secondary N) is 2. The van der Waals surface area contributed by atoms with Gasteiger partial charge in [0, 0.05) is 5.92 Å². The molecule has 1 aromatic heterocycles. The summed E-state index contributed by atoms with van der Waals surface area (Å²) in [6.45, 7) is 2.38. The molecule has 0 aromatic carbocycles. The van der Waals surface area contributed by atoms with Crippen LogP contribution in [0.2, 0.25) is 0 Å². The van der Waals surface area contributed by atoms with Crippen molar-refractivity contribution in [3.63, 3.8) is 0 Å². The number of carbonyl (C=O) groups is 1. The lowest BCUT2D eigenvalue weighted by molar-refractivity contribution is -0.126. The molecule has 0 saturated carbocycles. The number of hydrogen-bond donors (Lipinski definition) is 2. The van der Waals surface area contributed by atoms with Gasteiger partial charge in [0.25, 0.3) is 0 Å². The molecule has 2 rings (SSSR count). The van der Waals surface area contributed by atoms with E-state index in [4.69, 9.17) is 4.42 Å². The van der Waals surface area contributed by atoms with Crippen molar-refractivity contribution >= 4 is 5.91 Å². The Morgan fingerprint density at radius 2 is 2.33 bits per heavy atom. The van der Waals surface area contributed by atoms with Crippen LogP contribution in [0.4, 0.5) is 0 Å². The van der Waals surface area contributed by atoms with Crippen molar-refractivity contribution < 1.29 is 9.21 Å². The molecule has 4 nitrogen and oxygen atoms in total. The Morgan fingerprint density at radius 1 is 1.53 bits per heavy atom. The number of carbonyl (C=O) groups excluding carboxylic acids is 1. The van der Waals surface area contributed by atoms with Crippen LogP contribution in [0, 0.1) is 5.92 Å². The van der Waals surface area contributed by atoms with E-state index in [0.29, 0.717) is 6.54 Å². The molecular weight excluding hydrogens is 192 g/mol. The van der Waals surface area contributed by atoms with E-state index in [1.54, 1.807) is 6.26 Å². The zero-order valence-corrected chi connectivity index (χ0v) is 8.66. The highest BCUT2D eigenvalue weighted by molar-refractivity contribution is 5.78. The Bertz CT molecular complexity index is 302. The number of furan rings is 1. The first-order valence-corrected chi connectivity index (χ1v) is 5.37. The molecule has 1 fully saturated rings. The third kappa shape index (κ3) is 2.83. The van der Waals surface area contributed by atoms with Crippen LogP contribution in [0.1, 0.15) is 18.6 Å². The zero-order valence-electron chi connectivity index (χ0n) is 8.66. The lowest BCUT2D eigenvalue weighted by Gasteiger charge is -2.21. The summed E-state index contributed by atoms with van der Waals surface area (Å²) in [6.07, 6.45) is 3.49. The predicted molar refractivity (Wildman–Crippen MR) is 56.1 cm³/mol. The Balaban J connectivity index is 1.76. The Kier molecular flexibility index (Phi) is 3.40. The van der Waals surface area contributed by atoms with Crippen molar-refractivity contribution in [3.8, 4) is 0 Å². The second-order valence-electron chi connectivity index (χ2n) is 3.82. The van der Waals surface area contributed by atoms with Crippen molar-refractivity contribution in [2.45, 2.75) is 19.4 Å². The third-order valence-corrected chi connectivity index (χ3v) is 2.73. The topological polar surface area (TPSA) is 54.3 Å². The highest BCUT2D eigenvalue weighted by atomic mass is 16.3. The zero-order chi connectivity index (χ0) is 10.5. The van der Waals surface area contributed by atoms with Gasteiger partial charge in [0.15, 0.2) is 0 Å². The van der Waals surface area contributed by atoms with Gasteiger partial charge in [-0.3, -0.25) is 4.79 Å². The second kappa shape index (κ2) is 4.98. The van der Waals surface area contributed by atoms with Crippen molar-refractivity contribution in [1.29, 1.82) is 0 Å². The highest BCUT2D eigenvalue weighted by Crippen LogP contribution is 2.11. The molecule has 2 heterocycles. The summed E-state index contributed by atoms with van der Waals surface area (Å²) in [5.41, 5.74) is 0. The average Bonchev–Trinajstić information content (AvgIpc) is 2.80. The Hall–Kier alpha value is -1.29. The highest BCUT2D eigenvalue weighted by Gasteiger charge is 2.20. The van der Waals surface area contributed by atoms with Crippen molar-refractivity contribution in [2.75, 3.05) is 13.1 Å². The normalized spacial score (nSPS) is 17.6. The molecule has 0 bridgehead atoms. The summed E-state index contributed by atoms with van der Waals surface area (Å²) >= 11 is 0. The minimum atomic E-state index is 0.146. The summed E-state index contributed by atoms with van der Waals surface area (Å²) < 4.78 is 5.14. The van der Waals surface area contributed by atoms with Crippen molar-refractivity contribution in [1.82, 2.24) is 10.6 Å². The third-order valence-electron chi connectivity index (χ3n) is 2.73. The maximum Gasteiger partial charge on any atom is 0.223 e. The average molecular weight is 208 g/mol. The first-order valence-electron chi connectivity index (χ1n) is 5.37. The first-order chi connectivity index (χ1) is 7.36. The minimum absolute atomic E-state index is 0.146. The van der Waals surface area contributed by atoms with Crippen LogP contribution in [-0.2, 0) is 11.3 Å². The van der Waals surface area contributed by atoms with E-state index in [9.17, 15) is 4.79 Å². The molecule has 0 spiro atoms. The number of hydrogen-bond acceptors (Lipinski definition) is 3. The smallest absolute Gasteiger partial charge is 0.223 e. The van der Waals surface area contributed by atoms with E-state index in [2.05, 4.69) is 10.6 Å². The number of amides is 1. The molecule has 1 aromatic rings. The number of rotatable bonds is 3. The number of piperidine rings is 1. The lowest BCUT2D eigenvalue weighted by atomic mass is 9.97. The maximum absolute atomic E-state index is 11.7. The molecule has 1 aliphatic rings. The Morgan fingerprint density at radius 3 is 3.00 bits per heavy atom. The molecule has 0 aliphatic carbocycles. The van der Waals surface area contributed by atoms with E-state index in [0.717, 1.165) is 31.7 Å². The molecule has 15 heavy (non-hydrogen) atoms.